The van der Waals surface area contributed by atoms with Crippen LogP contribution in [0.5, 0.6) is 17.2 Å². The fraction of sp³-hybridized carbons (Fsp3) is 0.0556. The van der Waals surface area contributed by atoms with Crippen LogP contribution in [0.15, 0.2) is 71.1 Å². The van der Waals surface area contributed by atoms with Gasteiger partial charge in [0.25, 0.3) is 0 Å². The standard InChI is InChI=1S/C18H14O5/c19-18(20)17-11-10-16(23-17)12-21-13-6-8-15(9-7-13)22-14-4-2-1-3-5-14/h1-11H,12H2,(H,19,20). The van der Waals surface area contributed by atoms with Gasteiger partial charge in [0, 0.05) is 0 Å². The van der Waals surface area contributed by atoms with Gasteiger partial charge < -0.3 is 19.0 Å². The molecule has 0 saturated heterocycles. The molecule has 0 aliphatic rings. The molecule has 0 unspecified atom stereocenters. The van der Waals surface area contributed by atoms with E-state index in [4.69, 9.17) is 19.0 Å². The predicted octanol–water partition coefficient (Wildman–Crippen LogP) is 4.35. The van der Waals surface area contributed by atoms with Crippen molar-refractivity contribution in [3.63, 3.8) is 0 Å². The third kappa shape index (κ3) is 3.91. The SMILES string of the molecule is O=C(O)c1ccc(COc2ccc(Oc3ccccc3)cc2)o1. The van der Waals surface area contributed by atoms with E-state index >= 15 is 0 Å². The van der Waals surface area contributed by atoms with E-state index in [1.807, 2.05) is 30.3 Å². The van der Waals surface area contributed by atoms with E-state index in [9.17, 15) is 4.79 Å². The topological polar surface area (TPSA) is 68.9 Å². The molecule has 5 nitrogen and oxygen atoms in total. The number of carboxylic acids is 1. The molecule has 1 N–H and O–H groups in total. The van der Waals surface area contributed by atoms with Crippen molar-refractivity contribution in [3.05, 3.63) is 78.3 Å². The zero-order chi connectivity index (χ0) is 16.1. The van der Waals surface area contributed by atoms with E-state index in [1.165, 1.54) is 6.07 Å². The molecule has 1 heterocycles. The largest absolute Gasteiger partial charge is 0.486 e. The van der Waals surface area contributed by atoms with Crippen LogP contribution in [-0.4, -0.2) is 11.1 Å². The Bertz CT molecular complexity index is 775. The highest BCUT2D eigenvalue weighted by Gasteiger charge is 2.09. The van der Waals surface area contributed by atoms with Gasteiger partial charge in [0.1, 0.15) is 29.6 Å². The Labute approximate surface area is 132 Å². The van der Waals surface area contributed by atoms with Crippen LogP contribution in [0.2, 0.25) is 0 Å². The molecule has 1 aromatic heterocycles. The van der Waals surface area contributed by atoms with Gasteiger partial charge in [-0.05, 0) is 48.5 Å². The van der Waals surface area contributed by atoms with Gasteiger partial charge in [-0.3, -0.25) is 0 Å². The van der Waals surface area contributed by atoms with Gasteiger partial charge in [-0.15, -0.1) is 0 Å². The Morgan fingerprint density at radius 3 is 2.17 bits per heavy atom. The average molecular weight is 310 g/mol. The minimum absolute atomic E-state index is 0.102. The van der Waals surface area contributed by atoms with Crippen molar-refractivity contribution >= 4 is 5.97 Å². The Morgan fingerprint density at radius 1 is 0.870 bits per heavy atom. The fourth-order valence-corrected chi connectivity index (χ4v) is 1.95. The summed E-state index contributed by atoms with van der Waals surface area (Å²) < 4.78 is 16.4. The summed E-state index contributed by atoms with van der Waals surface area (Å²) in [6.45, 7) is 0.159. The number of hydrogen-bond donors (Lipinski definition) is 1. The molecule has 0 bridgehead atoms. The van der Waals surface area contributed by atoms with Gasteiger partial charge in [-0.2, -0.15) is 0 Å². The number of carbonyl (C=O) groups is 1. The minimum atomic E-state index is -1.10. The normalized spacial score (nSPS) is 10.3. The number of rotatable bonds is 6. The molecule has 0 fully saturated rings. The molecule has 2 aromatic carbocycles. The summed E-state index contributed by atoms with van der Waals surface area (Å²) in [5, 5.41) is 8.79. The van der Waals surface area contributed by atoms with E-state index in [-0.39, 0.29) is 12.4 Å². The molecule has 0 aliphatic heterocycles. The van der Waals surface area contributed by atoms with Gasteiger partial charge >= 0.3 is 5.97 Å². The molecule has 0 saturated carbocycles. The lowest BCUT2D eigenvalue weighted by Gasteiger charge is -2.07. The Hall–Kier alpha value is -3.21. The summed E-state index contributed by atoms with van der Waals surface area (Å²) >= 11 is 0. The minimum Gasteiger partial charge on any atom is -0.486 e. The van der Waals surface area contributed by atoms with Crippen LogP contribution in [0, 0.1) is 0 Å². The molecule has 116 valence electrons. The van der Waals surface area contributed by atoms with Gasteiger partial charge in [-0.25, -0.2) is 4.79 Å². The fourth-order valence-electron chi connectivity index (χ4n) is 1.95. The molecule has 0 spiro atoms. The number of ether oxygens (including phenoxy) is 2. The van der Waals surface area contributed by atoms with E-state index < -0.39 is 5.97 Å². The number of aromatic carboxylic acids is 1. The maximum Gasteiger partial charge on any atom is 0.371 e. The Kier molecular flexibility index (Phi) is 4.29. The van der Waals surface area contributed by atoms with E-state index in [2.05, 4.69) is 0 Å². The monoisotopic (exact) mass is 310 g/mol. The van der Waals surface area contributed by atoms with Crippen molar-refractivity contribution in [1.82, 2.24) is 0 Å². The molecular weight excluding hydrogens is 296 g/mol. The van der Waals surface area contributed by atoms with E-state index in [0.29, 0.717) is 17.3 Å². The summed E-state index contributed by atoms with van der Waals surface area (Å²) in [6.07, 6.45) is 0. The third-order valence-corrected chi connectivity index (χ3v) is 3.06. The van der Waals surface area contributed by atoms with Crippen molar-refractivity contribution in [1.29, 1.82) is 0 Å². The number of benzene rings is 2. The third-order valence-electron chi connectivity index (χ3n) is 3.06. The first-order valence-electron chi connectivity index (χ1n) is 6.98. The first kappa shape index (κ1) is 14.7. The summed E-state index contributed by atoms with van der Waals surface area (Å²) in [6, 6.07) is 19.6. The second kappa shape index (κ2) is 6.70. The average Bonchev–Trinajstić information content (AvgIpc) is 3.04. The van der Waals surface area contributed by atoms with Crippen LogP contribution in [0.1, 0.15) is 16.3 Å². The molecular formula is C18H14O5. The predicted molar refractivity (Wildman–Crippen MR) is 83.0 cm³/mol. The summed E-state index contributed by atoms with van der Waals surface area (Å²) in [4.78, 5) is 10.7. The van der Waals surface area contributed by atoms with Crippen molar-refractivity contribution in [3.8, 4) is 17.2 Å². The van der Waals surface area contributed by atoms with Crippen molar-refractivity contribution in [2.45, 2.75) is 6.61 Å². The maximum absolute atomic E-state index is 10.7. The highest BCUT2D eigenvalue weighted by atomic mass is 16.5. The number of furan rings is 1. The lowest BCUT2D eigenvalue weighted by Crippen LogP contribution is -1.95. The second-order valence-electron chi connectivity index (χ2n) is 4.75. The van der Waals surface area contributed by atoms with Crippen molar-refractivity contribution in [2.75, 3.05) is 0 Å². The van der Waals surface area contributed by atoms with Crippen LogP contribution < -0.4 is 9.47 Å². The number of para-hydroxylation sites is 1. The second-order valence-corrected chi connectivity index (χ2v) is 4.75. The first-order chi connectivity index (χ1) is 11.2. The van der Waals surface area contributed by atoms with Crippen LogP contribution in [0.4, 0.5) is 0 Å². The molecule has 0 aliphatic carbocycles. The molecule has 5 heteroatoms. The quantitative estimate of drug-likeness (QED) is 0.733. The highest BCUT2D eigenvalue weighted by Crippen LogP contribution is 2.24. The first-order valence-corrected chi connectivity index (χ1v) is 6.98. The smallest absolute Gasteiger partial charge is 0.371 e. The lowest BCUT2D eigenvalue weighted by molar-refractivity contribution is 0.0658. The molecule has 3 rings (SSSR count). The number of carboxylic acid groups (broad SMARTS) is 1. The Balaban J connectivity index is 1.57. The lowest BCUT2D eigenvalue weighted by atomic mass is 10.3. The van der Waals surface area contributed by atoms with Crippen LogP contribution in [0.3, 0.4) is 0 Å². The Morgan fingerprint density at radius 2 is 1.52 bits per heavy atom. The van der Waals surface area contributed by atoms with Gasteiger partial charge in [0.2, 0.25) is 5.76 Å². The summed E-state index contributed by atoms with van der Waals surface area (Å²) in [7, 11) is 0. The zero-order valence-corrected chi connectivity index (χ0v) is 12.1. The van der Waals surface area contributed by atoms with Gasteiger partial charge in [0.15, 0.2) is 0 Å². The van der Waals surface area contributed by atoms with E-state index in [1.54, 1.807) is 30.3 Å². The summed E-state index contributed by atoms with van der Waals surface area (Å²) in [5.74, 6) is 1.35. The maximum atomic E-state index is 10.7. The highest BCUT2D eigenvalue weighted by molar-refractivity contribution is 5.84. The van der Waals surface area contributed by atoms with Crippen molar-refractivity contribution in [2.24, 2.45) is 0 Å². The van der Waals surface area contributed by atoms with Crippen molar-refractivity contribution < 1.29 is 23.8 Å². The molecule has 0 radical (unpaired) electrons. The summed E-state index contributed by atoms with van der Waals surface area (Å²) in [5.41, 5.74) is 0. The van der Waals surface area contributed by atoms with Crippen LogP contribution in [0.25, 0.3) is 0 Å². The van der Waals surface area contributed by atoms with Crippen LogP contribution >= 0.6 is 0 Å². The molecule has 0 atom stereocenters. The molecule has 3 aromatic rings. The van der Waals surface area contributed by atoms with E-state index in [0.717, 1.165) is 5.75 Å². The van der Waals surface area contributed by atoms with Gasteiger partial charge in [0.05, 0.1) is 0 Å². The van der Waals surface area contributed by atoms with Gasteiger partial charge in [-0.1, -0.05) is 18.2 Å². The molecule has 23 heavy (non-hydrogen) atoms. The van der Waals surface area contributed by atoms with Crippen LogP contribution in [-0.2, 0) is 6.61 Å². The molecule has 0 amide bonds. The number of hydrogen-bond acceptors (Lipinski definition) is 4. The zero-order valence-electron chi connectivity index (χ0n) is 12.1.